The molecule has 0 bridgehead atoms. The fourth-order valence-electron chi connectivity index (χ4n) is 2.51. The quantitative estimate of drug-likeness (QED) is 0.864. The number of H-pyrrole nitrogens is 1. The van der Waals surface area contributed by atoms with Crippen molar-refractivity contribution in [2.45, 2.75) is 31.1 Å². The maximum atomic E-state index is 13.2. The topological polar surface area (TPSA) is 45.8 Å². The summed E-state index contributed by atoms with van der Waals surface area (Å²) < 4.78 is 39.5. The molecule has 1 atom stereocenters. The zero-order valence-corrected chi connectivity index (χ0v) is 9.92. The monoisotopic (exact) mass is 268 g/mol. The van der Waals surface area contributed by atoms with Crippen molar-refractivity contribution in [3.8, 4) is 0 Å². The minimum atomic E-state index is -2.71. The highest BCUT2D eigenvalue weighted by Gasteiger charge is 2.41. The lowest BCUT2D eigenvalue weighted by Gasteiger charge is -2.10. The Balaban J connectivity index is 2.08. The molecule has 2 aromatic rings. The van der Waals surface area contributed by atoms with Gasteiger partial charge in [-0.2, -0.15) is 0 Å². The number of rotatable bonds is 1. The summed E-state index contributed by atoms with van der Waals surface area (Å²) in [6.45, 7) is 0. The second-order valence-electron chi connectivity index (χ2n) is 4.91. The van der Waals surface area contributed by atoms with Crippen LogP contribution in [0.5, 0.6) is 0 Å². The van der Waals surface area contributed by atoms with Gasteiger partial charge in [0.05, 0.1) is 10.9 Å². The van der Waals surface area contributed by atoms with Gasteiger partial charge in [-0.25, -0.2) is 18.2 Å². The molecule has 0 aliphatic heterocycles. The first-order valence-corrected chi connectivity index (χ1v) is 6.02. The van der Waals surface area contributed by atoms with Gasteiger partial charge in [-0.1, -0.05) is 0 Å². The van der Waals surface area contributed by atoms with E-state index in [1.165, 1.54) is 12.1 Å². The molecule has 0 amide bonds. The molecule has 1 aliphatic carbocycles. The van der Waals surface area contributed by atoms with Crippen LogP contribution in [0.3, 0.4) is 0 Å². The Labute approximate surface area is 106 Å². The Morgan fingerprint density at radius 2 is 2.16 bits per heavy atom. The van der Waals surface area contributed by atoms with Crippen molar-refractivity contribution in [3.63, 3.8) is 0 Å². The summed E-state index contributed by atoms with van der Waals surface area (Å²) in [6.07, 6.45) is -0.254. The van der Waals surface area contributed by atoms with Crippen LogP contribution in [0.4, 0.5) is 13.2 Å². The minimum absolute atomic E-state index is 0.203. The van der Waals surface area contributed by atoms with Crippen LogP contribution in [0.15, 0.2) is 23.0 Å². The molecule has 3 rings (SSSR count). The molecule has 100 valence electrons. The highest BCUT2D eigenvalue weighted by molar-refractivity contribution is 5.77. The van der Waals surface area contributed by atoms with Crippen LogP contribution in [0, 0.1) is 5.82 Å². The summed E-state index contributed by atoms with van der Waals surface area (Å²) in [7, 11) is 0. The predicted molar refractivity (Wildman–Crippen MR) is 63.9 cm³/mol. The number of alkyl halides is 2. The summed E-state index contributed by atoms with van der Waals surface area (Å²) in [4.78, 5) is 18.5. The van der Waals surface area contributed by atoms with E-state index < -0.39 is 23.2 Å². The second-order valence-corrected chi connectivity index (χ2v) is 4.91. The third kappa shape index (κ3) is 2.22. The van der Waals surface area contributed by atoms with Crippen LogP contribution >= 0.6 is 0 Å². The number of halogens is 3. The van der Waals surface area contributed by atoms with E-state index in [0.29, 0.717) is 0 Å². The predicted octanol–water partition coefficient (Wildman–Crippen LogP) is 2.97. The normalized spacial score (nSPS) is 21.9. The average Bonchev–Trinajstić information content (AvgIpc) is 2.69. The molecule has 1 aromatic carbocycles. The Hall–Kier alpha value is -1.85. The highest BCUT2D eigenvalue weighted by atomic mass is 19.3. The van der Waals surface area contributed by atoms with E-state index >= 15 is 0 Å². The molecule has 1 saturated carbocycles. The summed E-state index contributed by atoms with van der Waals surface area (Å²) in [5.41, 5.74) is -0.218. The Kier molecular flexibility index (Phi) is 2.62. The van der Waals surface area contributed by atoms with Crippen LogP contribution < -0.4 is 5.56 Å². The van der Waals surface area contributed by atoms with E-state index in [0.717, 1.165) is 6.07 Å². The molecule has 0 saturated heterocycles. The van der Waals surface area contributed by atoms with Crippen molar-refractivity contribution >= 4 is 10.9 Å². The number of hydrogen-bond donors (Lipinski definition) is 1. The van der Waals surface area contributed by atoms with Crippen LogP contribution in [0.1, 0.15) is 31.0 Å². The molecule has 1 aromatic heterocycles. The molecule has 1 fully saturated rings. The van der Waals surface area contributed by atoms with Gasteiger partial charge in [0.2, 0.25) is 5.92 Å². The number of aromatic nitrogens is 2. The first kappa shape index (κ1) is 12.2. The van der Waals surface area contributed by atoms with Gasteiger partial charge in [0.1, 0.15) is 11.6 Å². The fourth-order valence-corrected chi connectivity index (χ4v) is 2.51. The van der Waals surface area contributed by atoms with Crippen molar-refractivity contribution in [2.24, 2.45) is 0 Å². The molecular formula is C13H11F3N2O. The van der Waals surface area contributed by atoms with E-state index in [4.69, 9.17) is 0 Å². The lowest BCUT2D eigenvalue weighted by molar-refractivity contribution is 0.00754. The number of benzene rings is 1. The van der Waals surface area contributed by atoms with Gasteiger partial charge in [-0.15, -0.1) is 0 Å². The first-order chi connectivity index (χ1) is 8.94. The van der Waals surface area contributed by atoms with Crippen molar-refractivity contribution in [1.82, 2.24) is 9.97 Å². The molecule has 6 heteroatoms. The average molecular weight is 268 g/mol. The maximum Gasteiger partial charge on any atom is 0.258 e. The van der Waals surface area contributed by atoms with E-state index in [2.05, 4.69) is 9.97 Å². The lowest BCUT2D eigenvalue weighted by Crippen LogP contribution is -2.15. The SMILES string of the molecule is O=c1[nH]c([C@H]2CCC(F)(F)C2)nc2cc(F)ccc12. The van der Waals surface area contributed by atoms with Gasteiger partial charge < -0.3 is 4.98 Å². The van der Waals surface area contributed by atoms with E-state index in [-0.39, 0.29) is 36.0 Å². The molecule has 1 aliphatic rings. The Morgan fingerprint density at radius 3 is 2.84 bits per heavy atom. The van der Waals surface area contributed by atoms with Crippen LogP contribution in [0.2, 0.25) is 0 Å². The summed E-state index contributed by atoms with van der Waals surface area (Å²) in [5.74, 6) is -3.47. The lowest BCUT2D eigenvalue weighted by atomic mass is 10.1. The molecule has 0 unspecified atom stereocenters. The molecule has 0 spiro atoms. The van der Waals surface area contributed by atoms with Gasteiger partial charge in [-0.3, -0.25) is 4.79 Å². The fraction of sp³-hybridized carbons (Fsp3) is 0.385. The van der Waals surface area contributed by atoms with Gasteiger partial charge in [0, 0.05) is 24.8 Å². The van der Waals surface area contributed by atoms with Gasteiger partial charge >= 0.3 is 0 Å². The van der Waals surface area contributed by atoms with Crippen molar-refractivity contribution in [2.75, 3.05) is 0 Å². The summed E-state index contributed by atoms with van der Waals surface area (Å²) in [6, 6.07) is 3.65. The van der Waals surface area contributed by atoms with Crippen LogP contribution in [-0.4, -0.2) is 15.9 Å². The number of nitrogens with zero attached hydrogens (tertiary/aromatic N) is 1. The van der Waals surface area contributed by atoms with Gasteiger partial charge in [0.25, 0.3) is 5.56 Å². The third-order valence-corrected chi connectivity index (χ3v) is 3.48. The van der Waals surface area contributed by atoms with Gasteiger partial charge in [0.15, 0.2) is 0 Å². The van der Waals surface area contributed by atoms with E-state index in [9.17, 15) is 18.0 Å². The highest BCUT2D eigenvalue weighted by Crippen LogP contribution is 2.43. The molecule has 1 heterocycles. The van der Waals surface area contributed by atoms with Crippen molar-refractivity contribution in [1.29, 1.82) is 0 Å². The molecule has 1 N–H and O–H groups in total. The molecule has 19 heavy (non-hydrogen) atoms. The van der Waals surface area contributed by atoms with Crippen LogP contribution in [0.25, 0.3) is 10.9 Å². The zero-order valence-electron chi connectivity index (χ0n) is 9.92. The molecule has 0 radical (unpaired) electrons. The van der Waals surface area contributed by atoms with Crippen molar-refractivity contribution < 1.29 is 13.2 Å². The number of fused-ring (bicyclic) bond motifs is 1. The van der Waals surface area contributed by atoms with Crippen molar-refractivity contribution in [3.05, 3.63) is 40.2 Å². The maximum absolute atomic E-state index is 13.2. The van der Waals surface area contributed by atoms with E-state index in [1.54, 1.807) is 0 Å². The third-order valence-electron chi connectivity index (χ3n) is 3.48. The number of aromatic amines is 1. The van der Waals surface area contributed by atoms with Gasteiger partial charge in [-0.05, 0) is 18.6 Å². The first-order valence-electron chi connectivity index (χ1n) is 6.02. The standard InChI is InChI=1S/C13H11F3N2O/c14-8-1-2-9-10(5-8)17-11(18-12(9)19)7-3-4-13(15,16)6-7/h1-2,5,7H,3-4,6H2,(H,17,18,19)/t7-/m0/s1. The number of hydrogen-bond acceptors (Lipinski definition) is 2. The Bertz CT molecular complexity index is 696. The van der Waals surface area contributed by atoms with Crippen LogP contribution in [-0.2, 0) is 0 Å². The zero-order chi connectivity index (χ0) is 13.6. The minimum Gasteiger partial charge on any atom is -0.310 e. The molecule has 3 nitrogen and oxygen atoms in total. The second kappa shape index (κ2) is 4.08. The smallest absolute Gasteiger partial charge is 0.258 e. The van der Waals surface area contributed by atoms with E-state index in [1.807, 2.05) is 0 Å². The Morgan fingerprint density at radius 1 is 1.37 bits per heavy atom. The number of nitrogens with one attached hydrogen (secondary N) is 1. The molecular weight excluding hydrogens is 257 g/mol. The summed E-state index contributed by atoms with van der Waals surface area (Å²) in [5, 5.41) is 0.259. The largest absolute Gasteiger partial charge is 0.310 e. The summed E-state index contributed by atoms with van der Waals surface area (Å²) >= 11 is 0.